The third-order valence-electron chi connectivity index (χ3n) is 3.69. The van der Waals surface area contributed by atoms with Gasteiger partial charge in [-0.3, -0.25) is 4.74 Å². The fourth-order valence-corrected chi connectivity index (χ4v) is 4.95. The summed E-state index contributed by atoms with van der Waals surface area (Å²) in [5.41, 5.74) is 0. The molecular formula is C16H34O5Si. The SMILES string of the molecule is CCC[Si](C)(C)OC(C)OC(CC)OC1(CC)OCCCO1. The number of rotatable bonds is 10. The number of ether oxygens (including phenoxy) is 4. The van der Waals surface area contributed by atoms with Gasteiger partial charge in [0.1, 0.15) is 6.29 Å². The summed E-state index contributed by atoms with van der Waals surface area (Å²) < 4.78 is 29.5. The Morgan fingerprint density at radius 3 is 2.27 bits per heavy atom. The minimum Gasteiger partial charge on any atom is -0.393 e. The van der Waals surface area contributed by atoms with E-state index in [1.54, 1.807) is 0 Å². The molecule has 22 heavy (non-hydrogen) atoms. The zero-order valence-corrected chi connectivity index (χ0v) is 16.1. The fourth-order valence-electron chi connectivity index (χ4n) is 2.67. The van der Waals surface area contributed by atoms with Gasteiger partial charge in [0.05, 0.1) is 13.2 Å². The third kappa shape index (κ3) is 6.64. The molecule has 0 aromatic rings. The van der Waals surface area contributed by atoms with E-state index in [1.807, 2.05) is 20.8 Å². The molecule has 6 heteroatoms. The summed E-state index contributed by atoms with van der Waals surface area (Å²) in [7, 11) is -1.67. The molecule has 2 unspecified atom stereocenters. The molecule has 1 aliphatic heterocycles. The molecule has 5 nitrogen and oxygen atoms in total. The summed E-state index contributed by atoms with van der Waals surface area (Å²) in [6.07, 6.45) is 2.73. The van der Waals surface area contributed by atoms with Crippen LogP contribution in [-0.2, 0) is 23.4 Å². The van der Waals surface area contributed by atoms with Crippen LogP contribution in [0, 0.1) is 0 Å². The lowest BCUT2D eigenvalue weighted by molar-refractivity contribution is -0.440. The Balaban J connectivity index is 2.53. The van der Waals surface area contributed by atoms with E-state index in [0.29, 0.717) is 19.6 Å². The van der Waals surface area contributed by atoms with Crippen molar-refractivity contribution < 1.29 is 23.4 Å². The van der Waals surface area contributed by atoms with Gasteiger partial charge in [-0.1, -0.05) is 27.2 Å². The third-order valence-corrected chi connectivity index (χ3v) is 6.36. The van der Waals surface area contributed by atoms with E-state index in [9.17, 15) is 0 Å². The van der Waals surface area contributed by atoms with Gasteiger partial charge in [0, 0.05) is 6.42 Å². The van der Waals surface area contributed by atoms with Crippen molar-refractivity contribution in [2.75, 3.05) is 13.2 Å². The van der Waals surface area contributed by atoms with Crippen LogP contribution >= 0.6 is 0 Å². The van der Waals surface area contributed by atoms with Gasteiger partial charge in [0.25, 0.3) is 5.97 Å². The van der Waals surface area contributed by atoms with Gasteiger partial charge >= 0.3 is 0 Å². The standard InChI is InChI=1S/C16H34O5Si/c1-7-13-22(5,6)21-14(4)19-15(8-2)20-16(9-3)17-11-10-12-18-16/h14-15H,7-13H2,1-6H3. The number of hydrogen-bond acceptors (Lipinski definition) is 5. The molecule has 1 heterocycles. The van der Waals surface area contributed by atoms with E-state index in [-0.39, 0.29) is 12.6 Å². The first-order valence-corrected chi connectivity index (χ1v) is 11.8. The zero-order chi connectivity index (χ0) is 16.6. The Bertz CT molecular complexity index is 305. The molecule has 1 saturated heterocycles. The van der Waals surface area contributed by atoms with Crippen LogP contribution in [0.2, 0.25) is 19.1 Å². The maximum atomic E-state index is 6.12. The molecule has 1 aliphatic rings. The molecule has 0 aliphatic carbocycles. The summed E-state index contributed by atoms with van der Waals surface area (Å²) in [5, 5.41) is 0. The molecule has 0 aromatic carbocycles. The molecule has 132 valence electrons. The van der Waals surface area contributed by atoms with Crippen LogP contribution in [0.5, 0.6) is 0 Å². The lowest BCUT2D eigenvalue weighted by Gasteiger charge is -2.39. The first-order chi connectivity index (χ1) is 10.4. The lowest BCUT2D eigenvalue weighted by Crippen LogP contribution is -2.47. The predicted molar refractivity (Wildman–Crippen MR) is 88.9 cm³/mol. The summed E-state index contributed by atoms with van der Waals surface area (Å²) in [5.74, 6) is -0.963. The van der Waals surface area contributed by atoms with E-state index in [2.05, 4.69) is 20.0 Å². The zero-order valence-electron chi connectivity index (χ0n) is 15.1. The molecule has 2 atom stereocenters. The fraction of sp³-hybridized carbons (Fsp3) is 1.00. The Labute approximate surface area is 136 Å². The molecule has 0 saturated carbocycles. The second-order valence-corrected chi connectivity index (χ2v) is 10.6. The highest BCUT2D eigenvalue weighted by Gasteiger charge is 2.37. The van der Waals surface area contributed by atoms with Crippen LogP contribution in [0.15, 0.2) is 0 Å². The first kappa shape index (κ1) is 20.1. The van der Waals surface area contributed by atoms with E-state index < -0.39 is 14.3 Å². The average Bonchev–Trinajstić information content (AvgIpc) is 2.46. The van der Waals surface area contributed by atoms with Gasteiger partial charge < -0.3 is 18.6 Å². The van der Waals surface area contributed by atoms with Crippen LogP contribution in [-0.4, -0.2) is 40.1 Å². The quantitative estimate of drug-likeness (QED) is 0.442. The first-order valence-electron chi connectivity index (χ1n) is 8.65. The van der Waals surface area contributed by atoms with E-state index in [1.165, 1.54) is 0 Å². The van der Waals surface area contributed by atoms with Crippen molar-refractivity contribution in [3.05, 3.63) is 0 Å². The van der Waals surface area contributed by atoms with Crippen LogP contribution < -0.4 is 0 Å². The molecule has 0 aromatic heterocycles. The Hall–Kier alpha value is 0.0169. The van der Waals surface area contributed by atoms with Gasteiger partial charge in [-0.25, -0.2) is 0 Å². The molecular weight excluding hydrogens is 300 g/mol. The summed E-state index contributed by atoms with van der Waals surface area (Å²) in [6.45, 7) is 13.9. The monoisotopic (exact) mass is 334 g/mol. The Morgan fingerprint density at radius 1 is 1.14 bits per heavy atom. The maximum absolute atomic E-state index is 6.12. The van der Waals surface area contributed by atoms with Crippen molar-refractivity contribution in [2.45, 2.75) is 91.1 Å². The predicted octanol–water partition coefficient (Wildman–Crippen LogP) is 4.23. The van der Waals surface area contributed by atoms with Gasteiger partial charge in [0.2, 0.25) is 0 Å². The summed E-state index contributed by atoms with van der Waals surface area (Å²) in [6, 6.07) is 1.13. The minimum atomic E-state index is -1.67. The second-order valence-electron chi connectivity index (χ2n) is 6.37. The molecule has 0 bridgehead atoms. The van der Waals surface area contributed by atoms with Crippen molar-refractivity contribution >= 4 is 8.32 Å². The van der Waals surface area contributed by atoms with Crippen molar-refractivity contribution in [1.29, 1.82) is 0 Å². The minimum absolute atomic E-state index is 0.282. The topological polar surface area (TPSA) is 46.2 Å². The van der Waals surface area contributed by atoms with E-state index in [0.717, 1.165) is 25.3 Å². The Morgan fingerprint density at radius 2 is 1.77 bits per heavy atom. The summed E-state index contributed by atoms with van der Waals surface area (Å²) >= 11 is 0. The molecule has 0 N–H and O–H groups in total. The van der Waals surface area contributed by atoms with Crippen molar-refractivity contribution in [1.82, 2.24) is 0 Å². The normalized spacial score (nSPS) is 21.5. The van der Waals surface area contributed by atoms with Crippen LogP contribution in [0.3, 0.4) is 0 Å². The Kier molecular flexibility index (Phi) is 8.52. The highest BCUT2D eigenvalue weighted by Crippen LogP contribution is 2.28. The summed E-state index contributed by atoms with van der Waals surface area (Å²) in [4.78, 5) is 0. The van der Waals surface area contributed by atoms with Crippen molar-refractivity contribution in [3.63, 3.8) is 0 Å². The number of hydrogen-bond donors (Lipinski definition) is 0. The molecule has 1 fully saturated rings. The van der Waals surface area contributed by atoms with Gasteiger partial charge in [-0.15, -0.1) is 0 Å². The molecule has 0 radical (unpaired) electrons. The molecule has 0 spiro atoms. The van der Waals surface area contributed by atoms with Crippen molar-refractivity contribution in [2.24, 2.45) is 0 Å². The lowest BCUT2D eigenvalue weighted by atomic mass is 10.3. The van der Waals surface area contributed by atoms with Gasteiger partial charge in [-0.2, -0.15) is 0 Å². The van der Waals surface area contributed by atoms with Crippen LogP contribution in [0.1, 0.15) is 53.4 Å². The van der Waals surface area contributed by atoms with Gasteiger partial charge in [-0.05, 0) is 38.9 Å². The average molecular weight is 335 g/mol. The second kappa shape index (κ2) is 9.35. The largest absolute Gasteiger partial charge is 0.393 e. The van der Waals surface area contributed by atoms with E-state index >= 15 is 0 Å². The highest BCUT2D eigenvalue weighted by molar-refractivity contribution is 6.71. The van der Waals surface area contributed by atoms with E-state index in [4.69, 9.17) is 23.4 Å². The van der Waals surface area contributed by atoms with Crippen molar-refractivity contribution in [3.8, 4) is 0 Å². The van der Waals surface area contributed by atoms with Gasteiger partial charge in [0.15, 0.2) is 14.6 Å². The van der Waals surface area contributed by atoms with Crippen LogP contribution in [0.25, 0.3) is 0 Å². The molecule has 1 rings (SSSR count). The smallest absolute Gasteiger partial charge is 0.284 e. The van der Waals surface area contributed by atoms with Crippen LogP contribution in [0.4, 0.5) is 0 Å². The molecule has 0 amide bonds. The maximum Gasteiger partial charge on any atom is 0.284 e. The highest BCUT2D eigenvalue weighted by atomic mass is 28.4.